The molecule has 0 spiro atoms. The van der Waals surface area contributed by atoms with Crippen molar-refractivity contribution in [2.24, 2.45) is 0 Å². The fraction of sp³-hybridized carbons (Fsp3) is 0.435. The Morgan fingerprint density at radius 1 is 1.10 bits per heavy atom. The topological polar surface area (TPSA) is 42.0 Å². The molecule has 0 aromatic heterocycles. The quantitative estimate of drug-likeness (QED) is 0.679. The van der Waals surface area contributed by atoms with Crippen LogP contribution in [0.25, 0.3) is 0 Å². The minimum atomic E-state index is -0.0460. The number of benzene rings is 2. The van der Waals surface area contributed by atoms with Gasteiger partial charge in [0.15, 0.2) is 11.5 Å². The van der Waals surface area contributed by atoms with Crippen LogP contribution in [0.1, 0.15) is 36.6 Å². The molecule has 5 nitrogen and oxygen atoms in total. The first-order chi connectivity index (χ1) is 14.0. The molecule has 0 saturated heterocycles. The first-order valence-electron chi connectivity index (χ1n) is 10.0. The van der Waals surface area contributed by atoms with E-state index < -0.39 is 0 Å². The predicted molar refractivity (Wildman–Crippen MR) is 116 cm³/mol. The van der Waals surface area contributed by atoms with Crippen molar-refractivity contribution in [2.45, 2.75) is 26.3 Å². The van der Waals surface area contributed by atoms with Crippen LogP contribution in [-0.2, 0) is 11.2 Å². The summed E-state index contributed by atoms with van der Waals surface area (Å²) in [6.07, 6.45) is 0.852. The lowest BCUT2D eigenvalue weighted by Gasteiger charge is -2.38. The van der Waals surface area contributed by atoms with Crippen LogP contribution in [0.4, 0.5) is 0 Å². The third-order valence-electron chi connectivity index (χ3n) is 5.61. The van der Waals surface area contributed by atoms with E-state index in [-0.39, 0.29) is 11.9 Å². The third kappa shape index (κ3) is 4.51. The fourth-order valence-corrected chi connectivity index (χ4v) is 4.18. The summed E-state index contributed by atoms with van der Waals surface area (Å²) < 4.78 is 11.0. The molecular formula is C23H29ClN2O3. The van der Waals surface area contributed by atoms with Crippen LogP contribution in [0.3, 0.4) is 0 Å². The number of amides is 1. The van der Waals surface area contributed by atoms with Gasteiger partial charge in [0.2, 0.25) is 5.91 Å². The van der Waals surface area contributed by atoms with Crippen LogP contribution >= 0.6 is 11.6 Å². The van der Waals surface area contributed by atoms with Gasteiger partial charge in [-0.05, 0) is 61.2 Å². The minimum absolute atomic E-state index is 0.0460. The van der Waals surface area contributed by atoms with E-state index >= 15 is 0 Å². The zero-order valence-corrected chi connectivity index (χ0v) is 18.3. The Bertz CT molecular complexity index is 850. The van der Waals surface area contributed by atoms with Gasteiger partial charge in [0.25, 0.3) is 0 Å². The van der Waals surface area contributed by atoms with Gasteiger partial charge in [-0.3, -0.25) is 9.69 Å². The van der Waals surface area contributed by atoms with Gasteiger partial charge in [0.05, 0.1) is 26.8 Å². The van der Waals surface area contributed by atoms with Gasteiger partial charge in [0, 0.05) is 24.7 Å². The molecule has 1 aliphatic heterocycles. The Balaban J connectivity index is 2.04. The van der Waals surface area contributed by atoms with Gasteiger partial charge in [-0.2, -0.15) is 0 Å². The van der Waals surface area contributed by atoms with Crippen LogP contribution in [0.15, 0.2) is 36.4 Å². The Kier molecular flexibility index (Phi) is 7.04. The van der Waals surface area contributed by atoms with E-state index in [1.165, 1.54) is 5.56 Å². The summed E-state index contributed by atoms with van der Waals surface area (Å²) in [6.45, 7) is 6.64. The van der Waals surface area contributed by atoms with Crippen molar-refractivity contribution in [3.8, 4) is 11.5 Å². The van der Waals surface area contributed by atoms with E-state index in [0.717, 1.165) is 42.9 Å². The molecule has 1 heterocycles. The van der Waals surface area contributed by atoms with Crippen molar-refractivity contribution in [3.05, 3.63) is 58.1 Å². The number of ether oxygens (including phenoxy) is 2. The number of halogens is 1. The number of hydrogen-bond donors (Lipinski definition) is 0. The second-order valence-corrected chi connectivity index (χ2v) is 7.58. The molecule has 6 heteroatoms. The highest BCUT2D eigenvalue weighted by Crippen LogP contribution is 2.41. The number of carbonyl (C=O) groups is 1. The van der Waals surface area contributed by atoms with Crippen molar-refractivity contribution in [1.82, 2.24) is 9.80 Å². The van der Waals surface area contributed by atoms with Crippen molar-refractivity contribution in [1.29, 1.82) is 0 Å². The molecule has 2 aromatic carbocycles. The highest BCUT2D eigenvalue weighted by Gasteiger charge is 2.32. The molecule has 0 bridgehead atoms. The summed E-state index contributed by atoms with van der Waals surface area (Å²) >= 11 is 6.13. The fourth-order valence-electron chi connectivity index (χ4n) is 4.05. The lowest BCUT2D eigenvalue weighted by Crippen LogP contribution is -2.44. The maximum atomic E-state index is 12.9. The second kappa shape index (κ2) is 9.51. The van der Waals surface area contributed by atoms with Crippen LogP contribution in [0.5, 0.6) is 11.5 Å². The SMILES string of the molecule is CCN(CC)C(=O)CN1CCc2cc(OC)c(OC)cc2C1c1ccc(Cl)cc1. The van der Waals surface area contributed by atoms with Gasteiger partial charge >= 0.3 is 0 Å². The molecule has 1 atom stereocenters. The van der Waals surface area contributed by atoms with Crippen molar-refractivity contribution in [3.63, 3.8) is 0 Å². The molecular weight excluding hydrogens is 388 g/mol. The summed E-state index contributed by atoms with van der Waals surface area (Å²) in [4.78, 5) is 17.0. The van der Waals surface area contributed by atoms with Gasteiger partial charge < -0.3 is 14.4 Å². The average molecular weight is 417 g/mol. The van der Waals surface area contributed by atoms with Crippen molar-refractivity contribution >= 4 is 17.5 Å². The maximum Gasteiger partial charge on any atom is 0.236 e. The molecule has 1 aliphatic rings. The van der Waals surface area contributed by atoms with E-state index in [2.05, 4.69) is 11.0 Å². The van der Waals surface area contributed by atoms with E-state index in [9.17, 15) is 4.79 Å². The molecule has 0 saturated carbocycles. The molecule has 0 radical (unpaired) electrons. The zero-order chi connectivity index (χ0) is 21.0. The summed E-state index contributed by atoms with van der Waals surface area (Å²) in [6, 6.07) is 11.9. The minimum Gasteiger partial charge on any atom is -0.493 e. The summed E-state index contributed by atoms with van der Waals surface area (Å²) in [5.41, 5.74) is 3.47. The average Bonchev–Trinajstić information content (AvgIpc) is 2.74. The van der Waals surface area contributed by atoms with Crippen LogP contribution < -0.4 is 9.47 Å². The molecule has 0 N–H and O–H groups in total. The number of likely N-dealkylation sites (N-methyl/N-ethyl adjacent to an activating group) is 1. The number of methoxy groups -OCH3 is 2. The lowest BCUT2D eigenvalue weighted by molar-refractivity contribution is -0.132. The molecule has 0 fully saturated rings. The van der Waals surface area contributed by atoms with E-state index in [1.54, 1.807) is 14.2 Å². The predicted octanol–water partition coefficient (Wildman–Crippen LogP) is 4.17. The van der Waals surface area contributed by atoms with Crippen LogP contribution in [-0.4, -0.2) is 56.1 Å². The molecule has 0 aliphatic carbocycles. The first-order valence-corrected chi connectivity index (χ1v) is 10.4. The number of hydrogen-bond acceptors (Lipinski definition) is 4. The van der Waals surface area contributed by atoms with Gasteiger partial charge in [-0.1, -0.05) is 23.7 Å². The second-order valence-electron chi connectivity index (χ2n) is 7.15. The van der Waals surface area contributed by atoms with Gasteiger partial charge in [0.1, 0.15) is 0 Å². The van der Waals surface area contributed by atoms with Crippen molar-refractivity contribution in [2.75, 3.05) is 40.4 Å². The number of carbonyl (C=O) groups excluding carboxylic acids is 1. The molecule has 156 valence electrons. The summed E-state index contributed by atoms with van der Waals surface area (Å²) in [5, 5.41) is 0.697. The monoisotopic (exact) mass is 416 g/mol. The molecule has 29 heavy (non-hydrogen) atoms. The van der Waals surface area contributed by atoms with Crippen molar-refractivity contribution < 1.29 is 14.3 Å². The van der Waals surface area contributed by atoms with E-state index in [4.69, 9.17) is 21.1 Å². The Morgan fingerprint density at radius 3 is 2.31 bits per heavy atom. The lowest BCUT2D eigenvalue weighted by atomic mass is 9.87. The van der Waals surface area contributed by atoms with Crippen LogP contribution in [0, 0.1) is 0 Å². The smallest absolute Gasteiger partial charge is 0.236 e. The number of rotatable bonds is 7. The van der Waals surface area contributed by atoms with E-state index in [0.29, 0.717) is 17.3 Å². The Hall–Kier alpha value is -2.24. The number of fused-ring (bicyclic) bond motifs is 1. The molecule has 1 amide bonds. The third-order valence-corrected chi connectivity index (χ3v) is 5.87. The van der Waals surface area contributed by atoms with Crippen LogP contribution in [0.2, 0.25) is 5.02 Å². The molecule has 2 aromatic rings. The highest BCUT2D eigenvalue weighted by molar-refractivity contribution is 6.30. The summed E-state index contributed by atoms with van der Waals surface area (Å²) in [5.74, 6) is 1.58. The van der Waals surface area contributed by atoms with E-state index in [1.807, 2.05) is 49.1 Å². The molecule has 3 rings (SSSR count). The Morgan fingerprint density at radius 2 is 1.72 bits per heavy atom. The first kappa shape index (κ1) is 21.5. The largest absolute Gasteiger partial charge is 0.493 e. The molecule has 1 unspecified atom stereocenters. The van der Waals surface area contributed by atoms with Gasteiger partial charge in [-0.15, -0.1) is 0 Å². The standard InChI is InChI=1S/C23H29ClN2O3/c1-5-25(6-2)22(27)15-26-12-11-17-13-20(28-3)21(29-4)14-19(17)23(26)16-7-9-18(24)10-8-16/h7-10,13-14,23H,5-6,11-12,15H2,1-4H3. The van der Waals surface area contributed by atoms with Gasteiger partial charge in [-0.25, -0.2) is 0 Å². The highest BCUT2D eigenvalue weighted by atomic mass is 35.5. The Labute approximate surface area is 178 Å². The zero-order valence-electron chi connectivity index (χ0n) is 17.6. The summed E-state index contributed by atoms with van der Waals surface area (Å²) in [7, 11) is 3.30. The maximum absolute atomic E-state index is 12.9. The number of nitrogens with zero attached hydrogens (tertiary/aromatic N) is 2. The normalized spacial score (nSPS) is 16.2.